The van der Waals surface area contributed by atoms with Gasteiger partial charge in [-0.3, -0.25) is 0 Å². The minimum Gasteiger partial charge on any atom is -0.493 e. The van der Waals surface area contributed by atoms with Crippen molar-refractivity contribution >= 4 is 33.6 Å². The van der Waals surface area contributed by atoms with Gasteiger partial charge in [0.2, 0.25) is 0 Å². The van der Waals surface area contributed by atoms with Crippen LogP contribution >= 0.6 is 15.9 Å². The van der Waals surface area contributed by atoms with E-state index in [4.69, 9.17) is 14.2 Å². The Balaban J connectivity index is 2.20. The van der Waals surface area contributed by atoms with Crippen molar-refractivity contribution in [3.05, 3.63) is 63.6 Å². The van der Waals surface area contributed by atoms with Gasteiger partial charge >= 0.3 is 12.0 Å². The third-order valence-corrected chi connectivity index (χ3v) is 5.00. The van der Waals surface area contributed by atoms with Crippen LogP contribution in [0.1, 0.15) is 24.1 Å². The molecule has 1 aliphatic heterocycles. The molecule has 0 bridgehead atoms. The topological polar surface area (TPSA) is 85.9 Å². The average molecular weight is 461 g/mol. The minimum atomic E-state index is -0.743. The first kappa shape index (κ1) is 20.7. The number of hydrogen-bond donors (Lipinski definition) is 2. The van der Waals surface area contributed by atoms with Crippen molar-refractivity contribution in [3.63, 3.8) is 0 Å². The van der Waals surface area contributed by atoms with Gasteiger partial charge in [0.1, 0.15) is 0 Å². The Bertz CT molecular complexity index is 959. The van der Waals surface area contributed by atoms with Crippen molar-refractivity contribution < 1.29 is 23.8 Å². The van der Waals surface area contributed by atoms with Crippen LogP contribution in [-0.2, 0) is 9.53 Å². The summed E-state index contributed by atoms with van der Waals surface area (Å²) in [4.78, 5) is 25.1. The van der Waals surface area contributed by atoms with Crippen molar-refractivity contribution in [2.24, 2.45) is 0 Å². The van der Waals surface area contributed by atoms with Crippen LogP contribution in [0.3, 0.4) is 0 Å². The minimum absolute atomic E-state index is 0.288. The maximum atomic E-state index is 12.7. The van der Waals surface area contributed by atoms with Crippen molar-refractivity contribution in [1.82, 2.24) is 10.6 Å². The highest BCUT2D eigenvalue weighted by Crippen LogP contribution is 2.41. The Morgan fingerprint density at radius 2 is 1.90 bits per heavy atom. The first-order valence-corrected chi connectivity index (χ1v) is 9.75. The fraction of sp³-hybridized carbons (Fsp3) is 0.238. The number of methoxy groups -OCH3 is 2. The summed E-state index contributed by atoms with van der Waals surface area (Å²) < 4.78 is 16.8. The van der Waals surface area contributed by atoms with Gasteiger partial charge in [0.25, 0.3) is 0 Å². The van der Waals surface area contributed by atoms with Crippen molar-refractivity contribution in [3.8, 4) is 11.5 Å². The SMILES string of the molecule is CCOc1c(Br)cc(C2NC(=O)NC(c3ccccc3)=C2C(=O)OC)cc1OC. The van der Waals surface area contributed by atoms with Crippen molar-refractivity contribution in [2.45, 2.75) is 13.0 Å². The molecule has 0 saturated heterocycles. The van der Waals surface area contributed by atoms with Crippen LogP contribution in [0.15, 0.2) is 52.5 Å². The van der Waals surface area contributed by atoms with E-state index in [-0.39, 0.29) is 5.57 Å². The van der Waals surface area contributed by atoms with Gasteiger partial charge in [-0.05, 0) is 46.1 Å². The second-order valence-corrected chi connectivity index (χ2v) is 7.00. The summed E-state index contributed by atoms with van der Waals surface area (Å²) in [6.07, 6.45) is 0. The number of halogens is 1. The summed E-state index contributed by atoms with van der Waals surface area (Å²) in [6.45, 7) is 2.33. The van der Waals surface area contributed by atoms with Gasteiger partial charge in [-0.1, -0.05) is 30.3 Å². The molecule has 29 heavy (non-hydrogen) atoms. The second-order valence-electron chi connectivity index (χ2n) is 6.14. The number of amides is 2. The van der Waals surface area contributed by atoms with Crippen molar-refractivity contribution in [1.29, 1.82) is 0 Å². The molecule has 2 N–H and O–H groups in total. The zero-order valence-electron chi connectivity index (χ0n) is 16.2. The number of urea groups is 1. The molecule has 0 spiro atoms. The molecule has 0 fully saturated rings. The van der Waals surface area contributed by atoms with Gasteiger partial charge in [-0.25, -0.2) is 9.59 Å². The number of ether oxygens (including phenoxy) is 3. The van der Waals surface area contributed by atoms with Crippen LogP contribution in [0.2, 0.25) is 0 Å². The lowest BCUT2D eigenvalue weighted by molar-refractivity contribution is -0.136. The van der Waals surface area contributed by atoms with E-state index < -0.39 is 18.0 Å². The van der Waals surface area contributed by atoms with Crippen LogP contribution in [0.5, 0.6) is 11.5 Å². The molecule has 0 radical (unpaired) electrons. The van der Waals surface area contributed by atoms with Gasteiger partial charge in [0.15, 0.2) is 11.5 Å². The van der Waals surface area contributed by atoms with Crippen LogP contribution in [0, 0.1) is 0 Å². The summed E-state index contributed by atoms with van der Waals surface area (Å²) in [7, 11) is 2.83. The molecule has 1 unspecified atom stereocenters. The number of nitrogens with one attached hydrogen (secondary N) is 2. The quantitative estimate of drug-likeness (QED) is 0.640. The van der Waals surface area contributed by atoms with Gasteiger partial charge in [-0.15, -0.1) is 0 Å². The van der Waals surface area contributed by atoms with Gasteiger partial charge in [0.05, 0.1) is 42.6 Å². The maximum Gasteiger partial charge on any atom is 0.338 e. The maximum absolute atomic E-state index is 12.7. The standard InChI is InChI=1S/C21H21BrN2O5/c1-4-29-19-14(22)10-13(11-15(19)27-2)18-16(20(25)28-3)17(23-21(26)24-18)12-8-6-5-7-9-12/h5-11,18H,4H2,1-3H3,(H2,23,24,26). The lowest BCUT2D eigenvalue weighted by Crippen LogP contribution is -2.45. The van der Waals surface area contributed by atoms with E-state index in [1.165, 1.54) is 14.2 Å². The Kier molecular flexibility index (Phi) is 6.43. The third kappa shape index (κ3) is 4.22. The Hall–Kier alpha value is -3.00. The van der Waals surface area contributed by atoms with E-state index >= 15 is 0 Å². The van der Waals surface area contributed by atoms with Gasteiger partial charge < -0.3 is 24.8 Å². The fourth-order valence-corrected chi connectivity index (χ4v) is 3.74. The second kappa shape index (κ2) is 9.00. The zero-order chi connectivity index (χ0) is 21.0. The molecule has 0 aliphatic carbocycles. The number of carbonyl (C=O) groups excluding carboxylic acids is 2. The number of benzene rings is 2. The molecule has 2 amide bonds. The molecule has 1 heterocycles. The van der Waals surface area contributed by atoms with Gasteiger partial charge in [0, 0.05) is 0 Å². The van der Waals surface area contributed by atoms with E-state index in [2.05, 4.69) is 26.6 Å². The highest BCUT2D eigenvalue weighted by atomic mass is 79.9. The number of carbonyl (C=O) groups is 2. The molecule has 1 atom stereocenters. The molecular weight excluding hydrogens is 440 g/mol. The largest absolute Gasteiger partial charge is 0.493 e. The van der Waals surface area contributed by atoms with Crippen LogP contribution in [0.4, 0.5) is 4.79 Å². The zero-order valence-corrected chi connectivity index (χ0v) is 17.8. The van der Waals surface area contributed by atoms with E-state index in [1.807, 2.05) is 37.3 Å². The van der Waals surface area contributed by atoms with Crippen LogP contribution in [0.25, 0.3) is 5.70 Å². The van der Waals surface area contributed by atoms with Gasteiger partial charge in [-0.2, -0.15) is 0 Å². The number of esters is 1. The lowest BCUT2D eigenvalue weighted by Gasteiger charge is -2.30. The fourth-order valence-electron chi connectivity index (χ4n) is 3.17. The highest BCUT2D eigenvalue weighted by molar-refractivity contribution is 9.10. The Morgan fingerprint density at radius 3 is 2.52 bits per heavy atom. The molecule has 0 saturated carbocycles. The molecule has 7 nitrogen and oxygen atoms in total. The van der Waals surface area contributed by atoms with E-state index in [0.29, 0.717) is 39.4 Å². The summed E-state index contributed by atoms with van der Waals surface area (Å²) in [6, 6.07) is 11.5. The van der Waals surface area contributed by atoms with Crippen LogP contribution in [-0.4, -0.2) is 32.8 Å². The molecular formula is C21H21BrN2O5. The van der Waals surface area contributed by atoms with E-state index in [0.717, 1.165) is 0 Å². The Morgan fingerprint density at radius 1 is 1.17 bits per heavy atom. The lowest BCUT2D eigenvalue weighted by atomic mass is 9.92. The molecule has 0 aromatic heterocycles. The third-order valence-electron chi connectivity index (χ3n) is 4.41. The molecule has 2 aromatic rings. The summed E-state index contributed by atoms with van der Waals surface area (Å²) >= 11 is 3.49. The van der Waals surface area contributed by atoms with E-state index in [1.54, 1.807) is 12.1 Å². The monoisotopic (exact) mass is 460 g/mol. The molecule has 1 aliphatic rings. The number of hydrogen-bond acceptors (Lipinski definition) is 5. The summed E-state index contributed by atoms with van der Waals surface area (Å²) in [5.74, 6) is 0.478. The molecule has 2 aromatic carbocycles. The summed E-state index contributed by atoms with van der Waals surface area (Å²) in [5, 5.41) is 5.54. The van der Waals surface area contributed by atoms with E-state index in [9.17, 15) is 9.59 Å². The predicted octanol–water partition coefficient (Wildman–Crippen LogP) is 3.79. The number of rotatable bonds is 6. The normalized spacial score (nSPS) is 16.0. The molecule has 3 rings (SSSR count). The molecule has 152 valence electrons. The smallest absolute Gasteiger partial charge is 0.338 e. The highest BCUT2D eigenvalue weighted by Gasteiger charge is 2.35. The van der Waals surface area contributed by atoms with Crippen LogP contribution < -0.4 is 20.1 Å². The first-order chi connectivity index (χ1) is 14.0. The average Bonchev–Trinajstić information content (AvgIpc) is 2.74. The Labute approximate surface area is 177 Å². The first-order valence-electron chi connectivity index (χ1n) is 8.95. The van der Waals surface area contributed by atoms with Crippen molar-refractivity contribution in [2.75, 3.05) is 20.8 Å². The summed E-state index contributed by atoms with van der Waals surface area (Å²) in [5.41, 5.74) is 2.03. The molecule has 8 heteroatoms. The predicted molar refractivity (Wildman–Crippen MR) is 112 cm³/mol.